The van der Waals surface area contributed by atoms with Gasteiger partial charge in [0.2, 0.25) is 0 Å². The van der Waals surface area contributed by atoms with Crippen molar-refractivity contribution in [2.24, 2.45) is 0 Å². The van der Waals surface area contributed by atoms with E-state index in [1.807, 2.05) is 30.3 Å². The van der Waals surface area contributed by atoms with Crippen LogP contribution in [0.3, 0.4) is 0 Å². The third-order valence-electron chi connectivity index (χ3n) is 4.01. The largest absolute Gasteiger partial charge is 0.495 e. The fraction of sp³-hybridized carbons (Fsp3) is 0.190. The van der Waals surface area contributed by atoms with Crippen LogP contribution in [-0.2, 0) is 20.7 Å². The van der Waals surface area contributed by atoms with Gasteiger partial charge >= 0.3 is 5.97 Å². The first-order valence-electron chi connectivity index (χ1n) is 8.87. The molecule has 0 aliphatic rings. The summed E-state index contributed by atoms with van der Waals surface area (Å²) in [5.74, 6) is -0.330. The maximum absolute atomic E-state index is 12.2. The third kappa shape index (κ3) is 5.49. The molecule has 1 N–H and O–H groups in total. The van der Waals surface area contributed by atoms with Gasteiger partial charge < -0.3 is 19.5 Å². The van der Waals surface area contributed by atoms with Crippen molar-refractivity contribution >= 4 is 40.5 Å². The molecule has 0 saturated carbocycles. The van der Waals surface area contributed by atoms with Crippen molar-refractivity contribution in [2.75, 3.05) is 26.1 Å². The number of aromatic nitrogens is 1. The zero-order valence-corrected chi connectivity index (χ0v) is 17.9. The summed E-state index contributed by atoms with van der Waals surface area (Å²) in [7, 11) is 2.91. The second kappa shape index (κ2) is 10.1. The summed E-state index contributed by atoms with van der Waals surface area (Å²) in [6, 6.07) is 12.7. The monoisotopic (exact) mass is 446 g/mol. The van der Waals surface area contributed by atoms with Gasteiger partial charge in [0.25, 0.3) is 5.91 Å². The van der Waals surface area contributed by atoms with E-state index < -0.39 is 18.5 Å². The van der Waals surface area contributed by atoms with Gasteiger partial charge in [0, 0.05) is 23.1 Å². The Balaban J connectivity index is 1.54. The van der Waals surface area contributed by atoms with Gasteiger partial charge in [-0.05, 0) is 0 Å². The van der Waals surface area contributed by atoms with Gasteiger partial charge in [0.05, 0.1) is 37.0 Å². The molecule has 2 aromatic carbocycles. The van der Waals surface area contributed by atoms with Crippen molar-refractivity contribution in [1.29, 1.82) is 0 Å². The van der Waals surface area contributed by atoms with E-state index in [0.717, 1.165) is 10.6 Å². The molecule has 0 fully saturated rings. The molecule has 156 valence electrons. The molecular weight excluding hydrogens is 428 g/mol. The second-order valence-corrected chi connectivity index (χ2v) is 7.35. The van der Waals surface area contributed by atoms with Crippen LogP contribution in [0.25, 0.3) is 10.6 Å². The number of halogens is 1. The van der Waals surface area contributed by atoms with Crippen LogP contribution in [0.1, 0.15) is 5.69 Å². The highest BCUT2D eigenvalue weighted by Crippen LogP contribution is 2.35. The highest BCUT2D eigenvalue weighted by atomic mass is 35.5. The summed E-state index contributed by atoms with van der Waals surface area (Å²) >= 11 is 7.49. The predicted molar refractivity (Wildman–Crippen MR) is 115 cm³/mol. The Morgan fingerprint density at radius 3 is 2.53 bits per heavy atom. The minimum atomic E-state index is -0.546. The van der Waals surface area contributed by atoms with Crippen molar-refractivity contribution in [1.82, 2.24) is 4.98 Å². The molecule has 9 heteroatoms. The van der Waals surface area contributed by atoms with E-state index in [-0.39, 0.29) is 6.42 Å². The maximum atomic E-state index is 12.2. The standard InChI is InChI=1S/C21H19ClN2O5S/c1-27-17-10-16(18(28-2)9-15(17)22)24-19(25)11-29-20(26)8-14-12-30-21(23-14)13-6-4-3-5-7-13/h3-7,9-10,12H,8,11H2,1-2H3,(H,24,25). The molecule has 0 unspecified atom stereocenters. The number of rotatable bonds is 8. The molecule has 1 amide bonds. The van der Waals surface area contributed by atoms with Gasteiger partial charge in [-0.1, -0.05) is 41.9 Å². The van der Waals surface area contributed by atoms with Gasteiger partial charge in [0.15, 0.2) is 6.61 Å². The number of amides is 1. The number of methoxy groups -OCH3 is 2. The van der Waals surface area contributed by atoms with Gasteiger partial charge in [0.1, 0.15) is 16.5 Å². The fourth-order valence-electron chi connectivity index (χ4n) is 2.59. The lowest BCUT2D eigenvalue weighted by Gasteiger charge is -2.13. The number of thiazole rings is 1. The first kappa shape index (κ1) is 21.6. The molecule has 0 aliphatic carbocycles. The smallest absolute Gasteiger partial charge is 0.312 e. The minimum Gasteiger partial charge on any atom is -0.495 e. The number of esters is 1. The number of nitrogens with zero attached hydrogens (tertiary/aromatic N) is 1. The van der Waals surface area contributed by atoms with E-state index in [1.165, 1.54) is 37.7 Å². The van der Waals surface area contributed by atoms with Crippen LogP contribution in [0.4, 0.5) is 5.69 Å². The zero-order valence-electron chi connectivity index (χ0n) is 16.3. The van der Waals surface area contributed by atoms with E-state index in [0.29, 0.717) is 27.9 Å². The summed E-state index contributed by atoms with van der Waals surface area (Å²) in [6.45, 7) is -0.442. The minimum absolute atomic E-state index is 0.0191. The number of benzene rings is 2. The van der Waals surface area contributed by atoms with Gasteiger partial charge in [-0.15, -0.1) is 11.3 Å². The lowest BCUT2D eigenvalue weighted by Crippen LogP contribution is -2.22. The van der Waals surface area contributed by atoms with Gasteiger partial charge in [-0.25, -0.2) is 4.98 Å². The summed E-state index contributed by atoms with van der Waals surface area (Å²) < 4.78 is 15.4. The lowest BCUT2D eigenvalue weighted by molar-refractivity contribution is -0.146. The molecule has 30 heavy (non-hydrogen) atoms. The summed E-state index contributed by atoms with van der Waals surface area (Å²) in [6.07, 6.45) is -0.0191. The first-order chi connectivity index (χ1) is 14.5. The predicted octanol–water partition coefficient (Wildman–Crippen LogP) is 4.21. The SMILES string of the molecule is COc1cc(NC(=O)COC(=O)Cc2csc(-c3ccccc3)n2)c(OC)cc1Cl. The zero-order chi connectivity index (χ0) is 21.5. The van der Waals surface area contributed by atoms with Crippen molar-refractivity contribution in [2.45, 2.75) is 6.42 Å². The molecule has 0 atom stereocenters. The molecule has 1 heterocycles. The average molecular weight is 447 g/mol. The third-order valence-corrected chi connectivity index (χ3v) is 5.25. The number of carbonyl (C=O) groups excluding carboxylic acids is 2. The van der Waals surface area contributed by atoms with Crippen LogP contribution in [0.15, 0.2) is 47.8 Å². The number of ether oxygens (including phenoxy) is 3. The second-order valence-electron chi connectivity index (χ2n) is 6.08. The van der Waals surface area contributed by atoms with Crippen molar-refractivity contribution in [3.8, 4) is 22.1 Å². The molecule has 0 spiro atoms. The van der Waals surface area contributed by atoms with Crippen LogP contribution >= 0.6 is 22.9 Å². The van der Waals surface area contributed by atoms with E-state index in [2.05, 4.69) is 10.3 Å². The molecule has 3 rings (SSSR count). The Kier molecular flexibility index (Phi) is 7.26. The molecule has 0 aliphatic heterocycles. The number of carbonyl (C=O) groups is 2. The van der Waals surface area contributed by atoms with Crippen LogP contribution in [0.5, 0.6) is 11.5 Å². The molecule has 7 nitrogen and oxygen atoms in total. The molecule has 0 radical (unpaired) electrons. The van der Waals surface area contributed by atoms with Crippen LogP contribution in [0, 0.1) is 0 Å². The van der Waals surface area contributed by atoms with Crippen molar-refractivity contribution in [3.63, 3.8) is 0 Å². The van der Waals surface area contributed by atoms with Crippen molar-refractivity contribution < 1.29 is 23.8 Å². The van der Waals surface area contributed by atoms with E-state index in [1.54, 1.807) is 5.38 Å². The summed E-state index contributed by atoms with van der Waals surface area (Å²) in [4.78, 5) is 28.7. The van der Waals surface area contributed by atoms with Crippen LogP contribution in [-0.4, -0.2) is 37.7 Å². The van der Waals surface area contributed by atoms with Crippen LogP contribution in [0.2, 0.25) is 5.02 Å². The number of hydrogen-bond donors (Lipinski definition) is 1. The Bertz CT molecular complexity index is 1040. The first-order valence-corrected chi connectivity index (χ1v) is 10.1. The fourth-order valence-corrected chi connectivity index (χ4v) is 3.65. The Hall–Kier alpha value is -3.10. The van der Waals surface area contributed by atoms with E-state index >= 15 is 0 Å². The highest BCUT2D eigenvalue weighted by Gasteiger charge is 2.15. The molecule has 1 aromatic heterocycles. The average Bonchev–Trinajstić information content (AvgIpc) is 3.22. The molecule has 0 bridgehead atoms. The molecular formula is C21H19ClN2O5S. The normalized spacial score (nSPS) is 10.4. The number of nitrogens with one attached hydrogen (secondary N) is 1. The summed E-state index contributed by atoms with van der Waals surface area (Å²) in [5, 5.41) is 5.58. The number of anilines is 1. The van der Waals surface area contributed by atoms with Gasteiger partial charge in [-0.2, -0.15) is 0 Å². The number of hydrogen-bond acceptors (Lipinski definition) is 7. The van der Waals surface area contributed by atoms with E-state index in [9.17, 15) is 9.59 Å². The van der Waals surface area contributed by atoms with Gasteiger partial charge in [-0.3, -0.25) is 9.59 Å². The summed E-state index contributed by atoms with van der Waals surface area (Å²) in [5.41, 5.74) is 1.93. The maximum Gasteiger partial charge on any atom is 0.312 e. The highest BCUT2D eigenvalue weighted by molar-refractivity contribution is 7.13. The Labute approximate surface area is 182 Å². The molecule has 0 saturated heterocycles. The lowest BCUT2D eigenvalue weighted by atomic mass is 10.2. The quantitative estimate of drug-likeness (QED) is 0.522. The topological polar surface area (TPSA) is 86.8 Å². The Morgan fingerprint density at radius 2 is 1.83 bits per heavy atom. The van der Waals surface area contributed by atoms with E-state index in [4.69, 9.17) is 25.8 Å². The van der Waals surface area contributed by atoms with Crippen molar-refractivity contribution in [3.05, 3.63) is 58.6 Å². The Morgan fingerprint density at radius 1 is 1.10 bits per heavy atom. The molecule has 3 aromatic rings. The van der Waals surface area contributed by atoms with Crippen LogP contribution < -0.4 is 14.8 Å².